The zero-order valence-electron chi connectivity index (χ0n) is 12.5. The standard InChI is InChI=1S/C15H13FN4O3/c1-3-11-9(2)18-14-6-7-17-19(14)15(11)23-13-5-4-10(20(21)22)8-12(13)16/h4-8H,3H2,1-2H3. The molecular weight excluding hydrogens is 303 g/mol. The Hall–Kier alpha value is -3.03. The summed E-state index contributed by atoms with van der Waals surface area (Å²) in [6, 6.07) is 4.97. The molecule has 0 atom stereocenters. The van der Waals surface area contributed by atoms with Gasteiger partial charge in [0.05, 0.1) is 17.2 Å². The van der Waals surface area contributed by atoms with Crippen LogP contribution in [0.4, 0.5) is 10.1 Å². The molecule has 0 saturated heterocycles. The SMILES string of the molecule is CCc1c(C)nc2ccnn2c1Oc1ccc([N+](=O)[O-])cc1F. The van der Waals surface area contributed by atoms with E-state index in [1.165, 1.54) is 16.6 Å². The highest BCUT2D eigenvalue weighted by Gasteiger charge is 2.18. The lowest BCUT2D eigenvalue weighted by Crippen LogP contribution is -2.05. The average molecular weight is 316 g/mol. The van der Waals surface area contributed by atoms with E-state index in [2.05, 4.69) is 10.1 Å². The maximum atomic E-state index is 14.1. The van der Waals surface area contributed by atoms with Gasteiger partial charge in [0, 0.05) is 23.4 Å². The number of benzene rings is 1. The number of hydrogen-bond acceptors (Lipinski definition) is 5. The first-order valence-corrected chi connectivity index (χ1v) is 6.96. The Labute approximate surface area is 130 Å². The fourth-order valence-corrected chi connectivity index (χ4v) is 2.36. The van der Waals surface area contributed by atoms with E-state index in [1.807, 2.05) is 13.8 Å². The summed E-state index contributed by atoms with van der Waals surface area (Å²) in [5.74, 6) is -0.559. The molecule has 3 aromatic rings. The predicted molar refractivity (Wildman–Crippen MR) is 80.2 cm³/mol. The van der Waals surface area contributed by atoms with E-state index in [0.717, 1.165) is 17.3 Å². The molecule has 0 aliphatic carbocycles. The number of rotatable bonds is 4. The van der Waals surface area contributed by atoms with Crippen LogP contribution in [0.15, 0.2) is 30.5 Å². The van der Waals surface area contributed by atoms with Crippen LogP contribution >= 0.6 is 0 Å². The molecule has 0 aliphatic rings. The summed E-state index contributed by atoms with van der Waals surface area (Å²) in [7, 11) is 0. The lowest BCUT2D eigenvalue weighted by Gasteiger charge is -2.13. The Balaban J connectivity index is 2.11. The van der Waals surface area contributed by atoms with Crippen molar-refractivity contribution in [3.63, 3.8) is 0 Å². The number of aryl methyl sites for hydroxylation is 1. The number of ether oxygens (including phenoxy) is 1. The fourth-order valence-electron chi connectivity index (χ4n) is 2.36. The highest BCUT2D eigenvalue weighted by molar-refractivity contribution is 5.47. The summed E-state index contributed by atoms with van der Waals surface area (Å²) in [5.41, 5.74) is 1.80. The van der Waals surface area contributed by atoms with Gasteiger partial charge in [0.1, 0.15) is 0 Å². The van der Waals surface area contributed by atoms with Crippen molar-refractivity contribution in [3.8, 4) is 11.6 Å². The maximum absolute atomic E-state index is 14.1. The molecule has 0 amide bonds. The summed E-state index contributed by atoms with van der Waals surface area (Å²) < 4.78 is 21.2. The number of fused-ring (bicyclic) bond motifs is 1. The van der Waals surface area contributed by atoms with Crippen LogP contribution in [0, 0.1) is 22.9 Å². The maximum Gasteiger partial charge on any atom is 0.272 e. The Kier molecular flexibility index (Phi) is 3.65. The normalized spacial score (nSPS) is 10.9. The fraction of sp³-hybridized carbons (Fsp3) is 0.200. The van der Waals surface area contributed by atoms with Crippen LogP contribution < -0.4 is 4.74 Å². The largest absolute Gasteiger partial charge is 0.435 e. The molecule has 0 aliphatic heterocycles. The number of nitro groups is 1. The molecule has 23 heavy (non-hydrogen) atoms. The van der Waals surface area contributed by atoms with Gasteiger partial charge in [0.15, 0.2) is 17.2 Å². The van der Waals surface area contributed by atoms with Crippen LogP contribution in [0.3, 0.4) is 0 Å². The van der Waals surface area contributed by atoms with Gasteiger partial charge in [0.25, 0.3) is 5.69 Å². The van der Waals surface area contributed by atoms with E-state index < -0.39 is 10.7 Å². The molecule has 0 fully saturated rings. The third-order valence-electron chi connectivity index (χ3n) is 3.48. The van der Waals surface area contributed by atoms with E-state index in [4.69, 9.17) is 4.74 Å². The molecule has 0 saturated carbocycles. The van der Waals surface area contributed by atoms with Crippen molar-refractivity contribution >= 4 is 11.3 Å². The van der Waals surface area contributed by atoms with Crippen molar-refractivity contribution in [3.05, 3.63) is 57.7 Å². The molecule has 1 aromatic carbocycles. The van der Waals surface area contributed by atoms with Crippen molar-refractivity contribution in [2.45, 2.75) is 20.3 Å². The van der Waals surface area contributed by atoms with E-state index >= 15 is 0 Å². The van der Waals surface area contributed by atoms with E-state index in [1.54, 1.807) is 12.3 Å². The van der Waals surface area contributed by atoms with Gasteiger partial charge < -0.3 is 4.74 Å². The third kappa shape index (κ3) is 2.59. The van der Waals surface area contributed by atoms with E-state index in [-0.39, 0.29) is 11.4 Å². The van der Waals surface area contributed by atoms with Crippen LogP contribution in [0.25, 0.3) is 5.65 Å². The summed E-state index contributed by atoms with van der Waals surface area (Å²) >= 11 is 0. The first kappa shape index (κ1) is 14.9. The molecule has 8 heteroatoms. The zero-order valence-corrected chi connectivity index (χ0v) is 12.5. The monoisotopic (exact) mass is 316 g/mol. The molecule has 2 heterocycles. The van der Waals surface area contributed by atoms with E-state index in [9.17, 15) is 14.5 Å². The van der Waals surface area contributed by atoms with Crippen molar-refractivity contribution in [2.75, 3.05) is 0 Å². The minimum atomic E-state index is -0.809. The molecule has 3 rings (SSSR count). The van der Waals surface area contributed by atoms with Crippen LogP contribution in [0.5, 0.6) is 11.6 Å². The number of nitro benzene ring substituents is 1. The van der Waals surface area contributed by atoms with Crippen LogP contribution in [0.1, 0.15) is 18.2 Å². The Bertz CT molecular complexity index is 907. The first-order valence-electron chi connectivity index (χ1n) is 6.96. The van der Waals surface area contributed by atoms with E-state index in [0.29, 0.717) is 17.9 Å². The highest BCUT2D eigenvalue weighted by atomic mass is 19.1. The first-order chi connectivity index (χ1) is 11.0. The number of aromatic nitrogens is 3. The Morgan fingerprint density at radius 3 is 2.83 bits per heavy atom. The quantitative estimate of drug-likeness (QED) is 0.544. The van der Waals surface area contributed by atoms with Crippen molar-refractivity contribution in [1.82, 2.24) is 14.6 Å². The molecular formula is C15H13FN4O3. The Morgan fingerprint density at radius 1 is 1.39 bits per heavy atom. The van der Waals surface area contributed by atoms with Gasteiger partial charge in [-0.15, -0.1) is 0 Å². The molecule has 0 N–H and O–H groups in total. The smallest absolute Gasteiger partial charge is 0.272 e. The second-order valence-corrected chi connectivity index (χ2v) is 4.91. The van der Waals surface area contributed by atoms with Gasteiger partial charge in [-0.3, -0.25) is 10.1 Å². The topological polar surface area (TPSA) is 82.6 Å². The number of hydrogen-bond donors (Lipinski definition) is 0. The lowest BCUT2D eigenvalue weighted by molar-refractivity contribution is -0.385. The van der Waals surface area contributed by atoms with Gasteiger partial charge in [-0.1, -0.05) is 6.92 Å². The minimum Gasteiger partial charge on any atom is -0.435 e. The highest BCUT2D eigenvalue weighted by Crippen LogP contribution is 2.31. The van der Waals surface area contributed by atoms with Crippen LogP contribution in [-0.2, 0) is 6.42 Å². The molecule has 0 spiro atoms. The Morgan fingerprint density at radius 2 is 2.17 bits per heavy atom. The predicted octanol–water partition coefficient (Wildman–Crippen LogP) is 3.44. The average Bonchev–Trinajstić information content (AvgIpc) is 2.97. The molecule has 0 unspecified atom stereocenters. The third-order valence-corrected chi connectivity index (χ3v) is 3.48. The van der Waals surface area contributed by atoms with Gasteiger partial charge in [-0.2, -0.15) is 9.61 Å². The van der Waals surface area contributed by atoms with Gasteiger partial charge in [-0.05, 0) is 19.4 Å². The van der Waals surface area contributed by atoms with Crippen LogP contribution in [-0.4, -0.2) is 19.5 Å². The molecule has 2 aromatic heterocycles. The zero-order chi connectivity index (χ0) is 16.6. The number of halogens is 1. The van der Waals surface area contributed by atoms with Crippen molar-refractivity contribution < 1.29 is 14.1 Å². The molecule has 0 bridgehead atoms. The molecule has 0 radical (unpaired) electrons. The van der Waals surface area contributed by atoms with Gasteiger partial charge in [-0.25, -0.2) is 9.37 Å². The minimum absolute atomic E-state index is 0.104. The second kappa shape index (κ2) is 5.64. The van der Waals surface area contributed by atoms with Gasteiger partial charge >= 0.3 is 0 Å². The summed E-state index contributed by atoms with van der Waals surface area (Å²) in [4.78, 5) is 14.4. The number of nitrogens with zero attached hydrogens (tertiary/aromatic N) is 4. The molecule has 118 valence electrons. The summed E-state index contributed by atoms with van der Waals surface area (Å²) in [6.07, 6.45) is 2.19. The molecule has 7 nitrogen and oxygen atoms in total. The summed E-state index contributed by atoms with van der Waals surface area (Å²) in [5, 5.41) is 14.8. The summed E-state index contributed by atoms with van der Waals surface area (Å²) in [6.45, 7) is 3.77. The van der Waals surface area contributed by atoms with Crippen molar-refractivity contribution in [2.24, 2.45) is 0 Å². The van der Waals surface area contributed by atoms with Crippen molar-refractivity contribution in [1.29, 1.82) is 0 Å². The van der Waals surface area contributed by atoms with Crippen LogP contribution in [0.2, 0.25) is 0 Å². The number of non-ortho nitro benzene ring substituents is 1. The second-order valence-electron chi connectivity index (χ2n) is 4.91. The van der Waals surface area contributed by atoms with Gasteiger partial charge in [0.2, 0.25) is 5.88 Å². The lowest BCUT2D eigenvalue weighted by atomic mass is 10.2.